The zero-order chi connectivity index (χ0) is 34.6. The Morgan fingerprint density at radius 3 is 1.90 bits per heavy atom. The Hall–Kier alpha value is -6.58. The minimum atomic E-state index is -0.139. The van der Waals surface area contributed by atoms with Crippen molar-refractivity contribution in [3.8, 4) is 39.5 Å². The lowest BCUT2D eigenvalue weighted by Gasteiger charge is -2.22. The molecule has 0 saturated heterocycles. The van der Waals surface area contributed by atoms with Crippen molar-refractivity contribution >= 4 is 54.3 Å². The van der Waals surface area contributed by atoms with Gasteiger partial charge in [0.05, 0.1) is 27.9 Å². The average molecular weight is 664 g/mol. The third-order valence-electron chi connectivity index (χ3n) is 11.4. The smallest absolute Gasteiger partial charge is 0.161 e. The maximum absolute atomic E-state index is 5.26. The summed E-state index contributed by atoms with van der Waals surface area (Å²) in [5.41, 5.74) is 12.9. The third kappa shape index (κ3) is 4.08. The lowest BCUT2D eigenvalue weighted by atomic mass is 9.81. The molecule has 10 aromatic rings. The molecule has 2 aromatic heterocycles. The van der Waals surface area contributed by atoms with Gasteiger partial charge in [0, 0.05) is 38.1 Å². The molecule has 3 nitrogen and oxygen atoms in total. The quantitative estimate of drug-likeness (QED) is 0.188. The highest BCUT2D eigenvalue weighted by atomic mass is 15.0. The fourth-order valence-corrected chi connectivity index (χ4v) is 8.83. The van der Waals surface area contributed by atoms with Crippen LogP contribution in [0.4, 0.5) is 0 Å². The molecular formula is C49H33N3. The molecule has 0 aliphatic heterocycles. The normalized spacial score (nSPS) is 13.3. The fourth-order valence-electron chi connectivity index (χ4n) is 8.83. The van der Waals surface area contributed by atoms with Crippen LogP contribution >= 0.6 is 0 Å². The number of rotatable bonds is 3. The predicted octanol–water partition coefficient (Wildman–Crippen LogP) is 12.7. The molecular weight excluding hydrogens is 631 g/mol. The molecule has 0 amide bonds. The molecule has 2 heterocycles. The Bertz CT molecular complexity index is 3100. The van der Waals surface area contributed by atoms with Crippen molar-refractivity contribution in [3.63, 3.8) is 0 Å². The standard InChI is InChI=1S/C49H33N3/c1-49(2)41-27-32-17-7-6-16-31(32)26-38(41)39-28-40-35-20-11-13-23-44(35)52(46(40)29-42(39)49)45-25-24-36(33-18-8-9-19-34(33)45)48-50-43-22-12-10-21-37(43)47(51-48)30-14-4-3-5-15-30/h3-29H,1-2H3. The van der Waals surface area contributed by atoms with E-state index in [-0.39, 0.29) is 5.41 Å². The van der Waals surface area contributed by atoms with Crippen LogP contribution in [0, 0.1) is 0 Å². The van der Waals surface area contributed by atoms with Gasteiger partial charge < -0.3 is 4.57 Å². The minimum Gasteiger partial charge on any atom is -0.309 e. The van der Waals surface area contributed by atoms with Crippen molar-refractivity contribution in [2.45, 2.75) is 19.3 Å². The first-order valence-corrected chi connectivity index (χ1v) is 18.0. The summed E-state index contributed by atoms with van der Waals surface area (Å²) in [4.78, 5) is 10.4. The molecule has 0 N–H and O–H groups in total. The molecule has 0 saturated carbocycles. The highest BCUT2D eigenvalue weighted by Crippen LogP contribution is 2.52. The van der Waals surface area contributed by atoms with E-state index in [1.807, 2.05) is 6.07 Å². The molecule has 0 bridgehead atoms. The summed E-state index contributed by atoms with van der Waals surface area (Å²) in [6.07, 6.45) is 0. The van der Waals surface area contributed by atoms with Crippen LogP contribution in [0.25, 0.3) is 93.7 Å². The fraction of sp³-hybridized carbons (Fsp3) is 0.0612. The van der Waals surface area contributed by atoms with Gasteiger partial charge in [0.1, 0.15) is 0 Å². The summed E-state index contributed by atoms with van der Waals surface area (Å²) in [6.45, 7) is 4.76. The number of hydrogen-bond donors (Lipinski definition) is 0. The maximum Gasteiger partial charge on any atom is 0.161 e. The zero-order valence-corrected chi connectivity index (χ0v) is 28.9. The first-order chi connectivity index (χ1) is 25.5. The maximum atomic E-state index is 5.26. The Kier molecular flexibility index (Phi) is 6.01. The average Bonchev–Trinajstić information content (AvgIpc) is 3.63. The molecule has 0 fully saturated rings. The summed E-state index contributed by atoms with van der Waals surface area (Å²) in [6, 6.07) is 59.3. The van der Waals surface area contributed by atoms with Gasteiger partial charge in [0.2, 0.25) is 0 Å². The van der Waals surface area contributed by atoms with Crippen LogP contribution in [-0.2, 0) is 5.41 Å². The number of hydrogen-bond acceptors (Lipinski definition) is 2. The minimum absolute atomic E-state index is 0.139. The zero-order valence-electron chi connectivity index (χ0n) is 28.9. The summed E-state index contributed by atoms with van der Waals surface area (Å²) in [5.74, 6) is 0.729. The number of aromatic nitrogens is 3. The lowest BCUT2D eigenvalue weighted by molar-refractivity contribution is 0.662. The van der Waals surface area contributed by atoms with E-state index in [1.54, 1.807) is 0 Å². The van der Waals surface area contributed by atoms with E-state index >= 15 is 0 Å². The monoisotopic (exact) mass is 663 g/mol. The van der Waals surface area contributed by atoms with Crippen molar-refractivity contribution in [3.05, 3.63) is 175 Å². The van der Waals surface area contributed by atoms with Crippen molar-refractivity contribution in [1.29, 1.82) is 0 Å². The van der Waals surface area contributed by atoms with E-state index in [2.05, 4.69) is 176 Å². The van der Waals surface area contributed by atoms with Crippen LogP contribution in [0.2, 0.25) is 0 Å². The molecule has 0 radical (unpaired) electrons. The second-order valence-electron chi connectivity index (χ2n) is 14.6. The molecule has 0 spiro atoms. The molecule has 8 aromatic carbocycles. The highest BCUT2D eigenvalue weighted by molar-refractivity contribution is 6.14. The second-order valence-corrected chi connectivity index (χ2v) is 14.6. The van der Waals surface area contributed by atoms with E-state index < -0.39 is 0 Å². The van der Waals surface area contributed by atoms with E-state index in [1.165, 1.54) is 54.8 Å². The first-order valence-electron chi connectivity index (χ1n) is 18.0. The lowest BCUT2D eigenvalue weighted by Crippen LogP contribution is -2.15. The second kappa shape index (κ2) is 10.7. The van der Waals surface area contributed by atoms with Gasteiger partial charge in [0.15, 0.2) is 5.82 Å². The van der Waals surface area contributed by atoms with E-state index in [9.17, 15) is 0 Å². The molecule has 1 aliphatic rings. The third-order valence-corrected chi connectivity index (χ3v) is 11.4. The van der Waals surface area contributed by atoms with Crippen molar-refractivity contribution < 1.29 is 0 Å². The van der Waals surface area contributed by atoms with Crippen LogP contribution in [0.3, 0.4) is 0 Å². The summed E-state index contributed by atoms with van der Waals surface area (Å²) >= 11 is 0. The van der Waals surface area contributed by atoms with Crippen LogP contribution < -0.4 is 0 Å². The van der Waals surface area contributed by atoms with Gasteiger partial charge in [-0.15, -0.1) is 0 Å². The van der Waals surface area contributed by atoms with Crippen LogP contribution in [-0.4, -0.2) is 14.5 Å². The number of benzene rings is 8. The summed E-state index contributed by atoms with van der Waals surface area (Å²) in [7, 11) is 0. The van der Waals surface area contributed by atoms with Crippen molar-refractivity contribution in [2.75, 3.05) is 0 Å². The molecule has 0 atom stereocenters. The molecule has 1 aliphatic carbocycles. The molecule has 244 valence electrons. The molecule has 52 heavy (non-hydrogen) atoms. The van der Waals surface area contributed by atoms with Gasteiger partial charge in [-0.05, 0) is 86.9 Å². The van der Waals surface area contributed by atoms with Crippen molar-refractivity contribution in [1.82, 2.24) is 14.5 Å². The van der Waals surface area contributed by atoms with Gasteiger partial charge in [-0.25, -0.2) is 9.97 Å². The molecule has 11 rings (SSSR count). The number of fused-ring (bicyclic) bond motifs is 9. The van der Waals surface area contributed by atoms with Gasteiger partial charge >= 0.3 is 0 Å². The van der Waals surface area contributed by atoms with E-state index in [0.29, 0.717) is 0 Å². The summed E-state index contributed by atoms with van der Waals surface area (Å²) in [5, 5.41) is 8.44. The Balaban J connectivity index is 1.16. The Morgan fingerprint density at radius 1 is 0.442 bits per heavy atom. The van der Waals surface area contributed by atoms with Gasteiger partial charge in [-0.1, -0.05) is 129 Å². The number of para-hydroxylation sites is 2. The topological polar surface area (TPSA) is 30.7 Å². The SMILES string of the molecule is CC1(C)c2cc3ccccc3cc2-c2cc3c4ccccc4n(-c4ccc(-c5nc(-c6ccccc6)c6ccccc6n5)c5ccccc45)c3cc21. The van der Waals surface area contributed by atoms with Crippen LogP contribution in [0.1, 0.15) is 25.0 Å². The first kappa shape index (κ1) is 29.2. The van der Waals surface area contributed by atoms with E-state index in [0.717, 1.165) is 50.0 Å². The van der Waals surface area contributed by atoms with Crippen LogP contribution in [0.5, 0.6) is 0 Å². The number of nitrogens with zero attached hydrogens (tertiary/aromatic N) is 3. The van der Waals surface area contributed by atoms with Crippen molar-refractivity contribution in [2.24, 2.45) is 0 Å². The predicted molar refractivity (Wildman–Crippen MR) is 217 cm³/mol. The van der Waals surface area contributed by atoms with Gasteiger partial charge in [-0.2, -0.15) is 0 Å². The van der Waals surface area contributed by atoms with Gasteiger partial charge in [-0.3, -0.25) is 0 Å². The Morgan fingerprint density at radius 2 is 1.08 bits per heavy atom. The highest BCUT2D eigenvalue weighted by Gasteiger charge is 2.37. The molecule has 3 heteroatoms. The summed E-state index contributed by atoms with van der Waals surface area (Å²) < 4.78 is 2.48. The van der Waals surface area contributed by atoms with E-state index in [4.69, 9.17) is 9.97 Å². The largest absolute Gasteiger partial charge is 0.309 e. The molecule has 0 unspecified atom stereocenters. The Labute approximate surface area is 301 Å². The van der Waals surface area contributed by atoms with Gasteiger partial charge in [0.25, 0.3) is 0 Å². The van der Waals surface area contributed by atoms with Crippen LogP contribution in [0.15, 0.2) is 164 Å².